The minimum atomic E-state index is -0.400. The van der Waals surface area contributed by atoms with Gasteiger partial charge in [-0.2, -0.15) is 0 Å². The number of benzene rings is 2. The third-order valence-corrected chi connectivity index (χ3v) is 5.75. The van der Waals surface area contributed by atoms with Gasteiger partial charge in [-0.1, -0.05) is 15.9 Å². The van der Waals surface area contributed by atoms with Gasteiger partial charge in [0, 0.05) is 21.6 Å². The number of fused-ring (bicyclic) bond motifs is 1. The van der Waals surface area contributed by atoms with E-state index in [1.165, 1.54) is 11.8 Å². The van der Waals surface area contributed by atoms with E-state index >= 15 is 0 Å². The van der Waals surface area contributed by atoms with Crippen LogP contribution in [0, 0.1) is 0 Å². The van der Waals surface area contributed by atoms with E-state index in [4.69, 9.17) is 9.47 Å². The molecule has 0 atom stereocenters. The first-order valence-electron chi connectivity index (χ1n) is 8.58. The van der Waals surface area contributed by atoms with Crippen LogP contribution in [0.4, 0.5) is 5.69 Å². The molecule has 0 saturated heterocycles. The second-order valence-corrected chi connectivity index (χ2v) is 8.01. The molecule has 2 aromatic rings. The summed E-state index contributed by atoms with van der Waals surface area (Å²) in [6, 6.07) is 13.4. The number of amides is 1. The molecule has 5 nitrogen and oxygen atoms in total. The summed E-state index contributed by atoms with van der Waals surface area (Å²) in [4.78, 5) is 27.2. The van der Waals surface area contributed by atoms with Crippen LogP contribution < -0.4 is 9.64 Å². The molecule has 0 spiro atoms. The van der Waals surface area contributed by atoms with E-state index in [1.807, 2.05) is 42.5 Å². The highest BCUT2D eigenvalue weighted by Crippen LogP contribution is 2.30. The van der Waals surface area contributed by atoms with Gasteiger partial charge in [0.2, 0.25) is 0 Å². The molecule has 1 aliphatic heterocycles. The zero-order valence-corrected chi connectivity index (χ0v) is 17.3. The third kappa shape index (κ3) is 5.26. The lowest BCUT2D eigenvalue weighted by atomic mass is 10.0. The Labute approximate surface area is 171 Å². The van der Waals surface area contributed by atoms with Crippen molar-refractivity contribution in [2.75, 3.05) is 30.9 Å². The molecule has 1 aliphatic rings. The molecule has 1 heterocycles. The zero-order chi connectivity index (χ0) is 19.2. The molecule has 2 aromatic carbocycles. The number of hydrogen-bond acceptors (Lipinski definition) is 5. The summed E-state index contributed by atoms with van der Waals surface area (Å²) in [5.74, 6) is 0.341. The van der Waals surface area contributed by atoms with Gasteiger partial charge in [-0.05, 0) is 60.9 Å². The minimum absolute atomic E-state index is 0.169. The normalized spacial score (nSPS) is 13.0. The number of anilines is 1. The average Bonchev–Trinajstić information content (AvgIpc) is 2.70. The predicted molar refractivity (Wildman–Crippen MR) is 109 cm³/mol. The molecule has 3 rings (SSSR count). The van der Waals surface area contributed by atoms with Gasteiger partial charge in [0.05, 0.1) is 12.9 Å². The van der Waals surface area contributed by atoms with Crippen molar-refractivity contribution in [1.82, 2.24) is 0 Å². The van der Waals surface area contributed by atoms with Crippen molar-refractivity contribution in [3.63, 3.8) is 0 Å². The lowest BCUT2D eigenvalue weighted by Crippen LogP contribution is -2.38. The quantitative estimate of drug-likeness (QED) is 0.491. The molecule has 0 unspecified atom stereocenters. The Morgan fingerprint density at radius 3 is 2.70 bits per heavy atom. The zero-order valence-electron chi connectivity index (χ0n) is 14.9. The predicted octanol–water partition coefficient (Wildman–Crippen LogP) is 4.07. The molecule has 0 aliphatic carbocycles. The van der Waals surface area contributed by atoms with Crippen LogP contribution in [0.15, 0.2) is 51.8 Å². The molecule has 0 radical (unpaired) electrons. The SMILES string of the molecule is COc1ccc2c(c1)CCCN2C(=O)COC(=O)CSc1ccc(Br)cc1. The van der Waals surface area contributed by atoms with Crippen LogP contribution in [0.3, 0.4) is 0 Å². The summed E-state index contributed by atoms with van der Waals surface area (Å²) in [5, 5.41) is 0. The van der Waals surface area contributed by atoms with E-state index in [9.17, 15) is 9.59 Å². The van der Waals surface area contributed by atoms with Gasteiger partial charge in [-0.3, -0.25) is 9.59 Å². The Bertz CT molecular complexity index is 825. The van der Waals surface area contributed by atoms with Crippen LogP contribution in [-0.2, 0) is 20.7 Å². The molecule has 0 aromatic heterocycles. The van der Waals surface area contributed by atoms with Crippen molar-refractivity contribution >= 4 is 45.3 Å². The fourth-order valence-corrected chi connectivity index (χ4v) is 3.86. The minimum Gasteiger partial charge on any atom is -0.497 e. The van der Waals surface area contributed by atoms with Crippen molar-refractivity contribution in [1.29, 1.82) is 0 Å². The molecule has 0 N–H and O–H groups in total. The maximum atomic E-state index is 12.5. The Morgan fingerprint density at radius 2 is 1.96 bits per heavy atom. The van der Waals surface area contributed by atoms with E-state index in [-0.39, 0.29) is 18.3 Å². The summed E-state index contributed by atoms with van der Waals surface area (Å²) >= 11 is 4.76. The van der Waals surface area contributed by atoms with Crippen molar-refractivity contribution in [2.45, 2.75) is 17.7 Å². The molecule has 142 valence electrons. The van der Waals surface area contributed by atoms with Gasteiger partial charge in [0.25, 0.3) is 5.91 Å². The molecular weight excluding hydrogens is 430 g/mol. The number of esters is 1. The Morgan fingerprint density at radius 1 is 1.19 bits per heavy atom. The Balaban J connectivity index is 1.52. The second-order valence-electron chi connectivity index (χ2n) is 6.05. The third-order valence-electron chi connectivity index (χ3n) is 4.23. The molecule has 1 amide bonds. The van der Waals surface area contributed by atoms with E-state index in [2.05, 4.69) is 15.9 Å². The van der Waals surface area contributed by atoms with Crippen molar-refractivity contribution < 1.29 is 19.1 Å². The molecular formula is C20H20BrNO4S. The van der Waals surface area contributed by atoms with Crippen molar-refractivity contribution in [3.8, 4) is 5.75 Å². The van der Waals surface area contributed by atoms with E-state index in [0.29, 0.717) is 6.54 Å². The summed E-state index contributed by atoms with van der Waals surface area (Å²) in [6.45, 7) is 0.383. The largest absolute Gasteiger partial charge is 0.497 e. The maximum Gasteiger partial charge on any atom is 0.316 e. The second kappa shape index (κ2) is 9.28. The van der Waals surface area contributed by atoms with Crippen LogP contribution in [0.1, 0.15) is 12.0 Å². The first kappa shape index (κ1) is 19.8. The number of rotatable bonds is 6. The number of nitrogens with zero attached hydrogens (tertiary/aromatic N) is 1. The Hall–Kier alpha value is -1.99. The number of halogens is 1. The van der Waals surface area contributed by atoms with Crippen LogP contribution in [0.25, 0.3) is 0 Å². The van der Waals surface area contributed by atoms with Gasteiger partial charge in [0.1, 0.15) is 5.75 Å². The van der Waals surface area contributed by atoms with E-state index in [1.54, 1.807) is 12.0 Å². The van der Waals surface area contributed by atoms with Crippen LogP contribution in [-0.4, -0.2) is 37.9 Å². The first-order valence-corrected chi connectivity index (χ1v) is 10.4. The van der Waals surface area contributed by atoms with Gasteiger partial charge in [-0.15, -0.1) is 11.8 Å². The lowest BCUT2D eigenvalue weighted by molar-refractivity contribution is -0.145. The van der Waals surface area contributed by atoms with Crippen molar-refractivity contribution in [2.24, 2.45) is 0 Å². The van der Waals surface area contributed by atoms with Crippen LogP contribution >= 0.6 is 27.7 Å². The molecule has 7 heteroatoms. The first-order chi connectivity index (χ1) is 13.1. The monoisotopic (exact) mass is 449 g/mol. The molecule has 0 bridgehead atoms. The van der Waals surface area contributed by atoms with Crippen LogP contribution in [0.5, 0.6) is 5.75 Å². The highest BCUT2D eigenvalue weighted by Gasteiger charge is 2.23. The lowest BCUT2D eigenvalue weighted by Gasteiger charge is -2.29. The summed E-state index contributed by atoms with van der Waals surface area (Å²) in [7, 11) is 1.62. The number of thioether (sulfide) groups is 1. The number of hydrogen-bond donors (Lipinski definition) is 0. The van der Waals surface area contributed by atoms with Gasteiger partial charge >= 0.3 is 5.97 Å². The van der Waals surface area contributed by atoms with E-state index in [0.717, 1.165) is 39.2 Å². The highest BCUT2D eigenvalue weighted by molar-refractivity contribution is 9.10. The number of methoxy groups -OCH3 is 1. The molecule has 0 fully saturated rings. The van der Waals surface area contributed by atoms with Crippen LogP contribution in [0.2, 0.25) is 0 Å². The maximum absolute atomic E-state index is 12.5. The van der Waals surface area contributed by atoms with Gasteiger partial charge in [-0.25, -0.2) is 0 Å². The standard InChI is InChI=1S/C20H20BrNO4S/c1-25-16-6-9-18-14(11-16)3-2-10-22(18)19(23)12-26-20(24)13-27-17-7-4-15(21)5-8-17/h4-9,11H,2-3,10,12-13H2,1H3. The van der Waals surface area contributed by atoms with Gasteiger partial charge < -0.3 is 14.4 Å². The number of carbonyl (C=O) groups excluding carboxylic acids is 2. The number of carbonyl (C=O) groups is 2. The number of ether oxygens (including phenoxy) is 2. The van der Waals surface area contributed by atoms with E-state index < -0.39 is 5.97 Å². The smallest absolute Gasteiger partial charge is 0.316 e. The van der Waals surface area contributed by atoms with Crippen molar-refractivity contribution in [3.05, 3.63) is 52.5 Å². The molecule has 0 saturated carbocycles. The summed E-state index contributed by atoms with van der Waals surface area (Å²) in [6.07, 6.45) is 1.78. The Kier molecular flexibility index (Phi) is 6.79. The fraction of sp³-hybridized carbons (Fsp3) is 0.300. The topological polar surface area (TPSA) is 55.8 Å². The van der Waals surface area contributed by atoms with Gasteiger partial charge in [0.15, 0.2) is 6.61 Å². The summed E-state index contributed by atoms with van der Waals surface area (Å²) < 4.78 is 11.4. The highest BCUT2D eigenvalue weighted by atomic mass is 79.9. The number of aryl methyl sites for hydroxylation is 1. The average molecular weight is 450 g/mol. The summed E-state index contributed by atoms with van der Waals surface area (Å²) in [5.41, 5.74) is 1.94. The fourth-order valence-electron chi connectivity index (χ4n) is 2.89. The molecule has 27 heavy (non-hydrogen) atoms.